The highest BCUT2D eigenvalue weighted by molar-refractivity contribution is 5.94. The van der Waals surface area contributed by atoms with Gasteiger partial charge in [-0.2, -0.15) is 0 Å². The minimum absolute atomic E-state index is 0.0923. The Morgan fingerprint density at radius 3 is 2.16 bits per heavy atom. The van der Waals surface area contributed by atoms with Crippen LogP contribution in [0.4, 0.5) is 4.79 Å². The predicted molar refractivity (Wildman–Crippen MR) is 192 cm³/mol. The van der Waals surface area contributed by atoms with E-state index in [0.717, 1.165) is 37.9 Å². The van der Waals surface area contributed by atoms with Gasteiger partial charge in [0.15, 0.2) is 0 Å². The van der Waals surface area contributed by atoms with E-state index in [1.807, 2.05) is 84.0 Å². The Labute approximate surface area is 291 Å². The van der Waals surface area contributed by atoms with Crippen molar-refractivity contribution in [2.45, 2.75) is 97.5 Å². The summed E-state index contributed by atoms with van der Waals surface area (Å²) < 4.78 is 16.7. The third-order valence-electron chi connectivity index (χ3n) is 9.49. The molecule has 262 valence electrons. The molecule has 3 aromatic carbocycles. The molecular formula is C41H52N2O6. The molecule has 0 aromatic heterocycles. The third kappa shape index (κ3) is 9.43. The molecular weight excluding hydrogens is 616 g/mol. The van der Waals surface area contributed by atoms with E-state index in [9.17, 15) is 14.4 Å². The Morgan fingerprint density at radius 1 is 0.816 bits per heavy atom. The largest absolute Gasteiger partial charge is 0.497 e. The van der Waals surface area contributed by atoms with Gasteiger partial charge in [-0.1, -0.05) is 24.3 Å². The van der Waals surface area contributed by atoms with Crippen LogP contribution in [0.1, 0.15) is 111 Å². The van der Waals surface area contributed by atoms with Gasteiger partial charge in [-0.15, -0.1) is 0 Å². The molecule has 1 atom stereocenters. The Kier molecular flexibility index (Phi) is 11.1. The standard InChI is InChI=1S/C41H52N2O6/c1-40(2,3)38(45)48-35-15-14-30-24-32(13-12-31(30)25-35)36-17-16-34(47-7)26-33(36)18-21-42-37(44)29-10-8-27(9-11-29)28-19-22-43(23-20-28)39(46)49-41(4,5)6/h8-11,14-17,25-26,28,32H,12-13,18-24H2,1-7H3,(H,42,44)/t32-/m1/s1. The molecule has 2 amide bonds. The maximum absolute atomic E-state index is 13.1. The molecule has 5 rings (SSSR count). The zero-order chi connectivity index (χ0) is 35.3. The van der Waals surface area contributed by atoms with Gasteiger partial charge in [0.2, 0.25) is 0 Å². The van der Waals surface area contributed by atoms with E-state index in [0.29, 0.717) is 49.2 Å². The van der Waals surface area contributed by atoms with Crippen molar-refractivity contribution in [3.8, 4) is 11.5 Å². The van der Waals surface area contributed by atoms with Crippen LogP contribution in [0, 0.1) is 5.41 Å². The first-order valence-corrected chi connectivity index (χ1v) is 17.6. The average molecular weight is 669 g/mol. The highest BCUT2D eigenvalue weighted by Gasteiger charge is 2.28. The molecule has 1 N–H and O–H groups in total. The van der Waals surface area contributed by atoms with E-state index in [2.05, 4.69) is 23.5 Å². The fourth-order valence-electron chi connectivity index (χ4n) is 6.69. The van der Waals surface area contributed by atoms with Gasteiger partial charge in [0.25, 0.3) is 5.91 Å². The summed E-state index contributed by atoms with van der Waals surface area (Å²) in [5.74, 6) is 1.78. The number of likely N-dealkylation sites (tertiary alicyclic amines) is 1. The first kappa shape index (κ1) is 36.0. The fourth-order valence-corrected chi connectivity index (χ4v) is 6.69. The molecule has 1 heterocycles. The summed E-state index contributed by atoms with van der Waals surface area (Å²) >= 11 is 0. The number of esters is 1. The molecule has 0 spiro atoms. The van der Waals surface area contributed by atoms with Crippen molar-refractivity contribution in [2.24, 2.45) is 5.41 Å². The van der Waals surface area contributed by atoms with Crippen molar-refractivity contribution >= 4 is 18.0 Å². The second-order valence-electron chi connectivity index (χ2n) is 15.4. The van der Waals surface area contributed by atoms with Crippen LogP contribution < -0.4 is 14.8 Å². The van der Waals surface area contributed by atoms with Gasteiger partial charge in [0.1, 0.15) is 17.1 Å². The normalized spacial score (nSPS) is 16.8. The number of amides is 2. The van der Waals surface area contributed by atoms with Gasteiger partial charge in [-0.3, -0.25) is 9.59 Å². The van der Waals surface area contributed by atoms with Crippen molar-refractivity contribution in [1.29, 1.82) is 0 Å². The van der Waals surface area contributed by atoms with Gasteiger partial charge in [-0.05, 0) is 156 Å². The summed E-state index contributed by atoms with van der Waals surface area (Å²) in [4.78, 5) is 39.7. The number of fused-ring (bicyclic) bond motifs is 1. The summed E-state index contributed by atoms with van der Waals surface area (Å²) in [6, 6.07) is 20.2. The molecule has 1 aliphatic carbocycles. The summed E-state index contributed by atoms with van der Waals surface area (Å²) in [5.41, 5.74) is 5.74. The van der Waals surface area contributed by atoms with Crippen LogP contribution in [0.5, 0.6) is 11.5 Å². The smallest absolute Gasteiger partial charge is 0.410 e. The van der Waals surface area contributed by atoms with Crippen LogP contribution in [0.25, 0.3) is 0 Å². The number of carbonyl (C=O) groups excluding carboxylic acids is 3. The molecule has 0 saturated carbocycles. The fraction of sp³-hybridized carbons (Fsp3) is 0.488. The quantitative estimate of drug-likeness (QED) is 0.193. The zero-order valence-electron chi connectivity index (χ0n) is 30.2. The number of carbonyl (C=O) groups is 3. The van der Waals surface area contributed by atoms with E-state index in [1.165, 1.54) is 27.8 Å². The number of hydrogen-bond acceptors (Lipinski definition) is 6. The number of ether oxygens (including phenoxy) is 3. The molecule has 1 aliphatic heterocycles. The van der Waals surface area contributed by atoms with Crippen molar-refractivity contribution in [3.63, 3.8) is 0 Å². The van der Waals surface area contributed by atoms with Crippen LogP contribution in [0.15, 0.2) is 60.7 Å². The lowest BCUT2D eigenvalue weighted by molar-refractivity contribution is -0.143. The first-order chi connectivity index (χ1) is 23.2. The molecule has 8 heteroatoms. The van der Waals surface area contributed by atoms with Gasteiger partial charge < -0.3 is 24.4 Å². The number of benzene rings is 3. The second kappa shape index (κ2) is 15.1. The van der Waals surface area contributed by atoms with Gasteiger partial charge in [-0.25, -0.2) is 4.79 Å². The van der Waals surface area contributed by atoms with Gasteiger partial charge in [0.05, 0.1) is 12.5 Å². The molecule has 3 aromatic rings. The maximum atomic E-state index is 13.1. The zero-order valence-corrected chi connectivity index (χ0v) is 30.2. The molecule has 8 nitrogen and oxygen atoms in total. The highest BCUT2D eigenvalue weighted by Crippen LogP contribution is 2.37. The van der Waals surface area contributed by atoms with Crippen molar-refractivity contribution in [1.82, 2.24) is 10.2 Å². The van der Waals surface area contributed by atoms with E-state index in [1.54, 1.807) is 12.0 Å². The monoisotopic (exact) mass is 668 g/mol. The second-order valence-corrected chi connectivity index (χ2v) is 15.4. The minimum atomic E-state index is -0.555. The van der Waals surface area contributed by atoms with Crippen LogP contribution in [0.3, 0.4) is 0 Å². The molecule has 2 aliphatic rings. The number of nitrogens with one attached hydrogen (secondary N) is 1. The lowest BCUT2D eigenvalue weighted by Gasteiger charge is -2.33. The Morgan fingerprint density at radius 2 is 1.51 bits per heavy atom. The lowest BCUT2D eigenvalue weighted by atomic mass is 9.78. The summed E-state index contributed by atoms with van der Waals surface area (Å²) in [7, 11) is 1.68. The molecule has 0 radical (unpaired) electrons. The summed E-state index contributed by atoms with van der Waals surface area (Å²) in [6.07, 6.45) is 4.98. The summed E-state index contributed by atoms with van der Waals surface area (Å²) in [6.45, 7) is 13.1. The SMILES string of the molecule is COc1ccc([C@@H]2CCc3cc(OC(=O)C(C)(C)C)ccc3C2)c(CCNC(=O)c2ccc(C3CCN(C(=O)OC(C)(C)C)CC3)cc2)c1. The lowest BCUT2D eigenvalue weighted by Crippen LogP contribution is -2.41. The molecule has 49 heavy (non-hydrogen) atoms. The van der Waals surface area contributed by atoms with E-state index >= 15 is 0 Å². The Balaban J connectivity index is 1.16. The van der Waals surface area contributed by atoms with E-state index in [-0.39, 0.29) is 18.0 Å². The van der Waals surface area contributed by atoms with E-state index in [4.69, 9.17) is 14.2 Å². The van der Waals surface area contributed by atoms with Crippen LogP contribution in [-0.2, 0) is 28.8 Å². The van der Waals surface area contributed by atoms with Crippen molar-refractivity contribution in [3.05, 3.63) is 94.0 Å². The van der Waals surface area contributed by atoms with Gasteiger partial charge in [0, 0.05) is 25.2 Å². The Hall–Kier alpha value is -4.33. The number of aryl methyl sites for hydroxylation is 1. The molecule has 1 fully saturated rings. The highest BCUT2D eigenvalue weighted by atomic mass is 16.6. The molecule has 1 saturated heterocycles. The molecule has 0 bridgehead atoms. The first-order valence-electron chi connectivity index (χ1n) is 17.6. The predicted octanol–water partition coefficient (Wildman–Crippen LogP) is 8.01. The van der Waals surface area contributed by atoms with Gasteiger partial charge >= 0.3 is 12.1 Å². The number of methoxy groups -OCH3 is 1. The van der Waals surface area contributed by atoms with Crippen LogP contribution in [0.2, 0.25) is 0 Å². The molecule has 0 unspecified atom stereocenters. The van der Waals surface area contributed by atoms with Crippen molar-refractivity contribution in [2.75, 3.05) is 26.7 Å². The average Bonchev–Trinajstić information content (AvgIpc) is 3.07. The Bertz CT molecular complexity index is 1640. The number of nitrogens with zero attached hydrogens (tertiary/aromatic N) is 1. The van der Waals surface area contributed by atoms with E-state index < -0.39 is 11.0 Å². The van der Waals surface area contributed by atoms with Crippen LogP contribution >= 0.6 is 0 Å². The third-order valence-corrected chi connectivity index (χ3v) is 9.49. The van der Waals surface area contributed by atoms with Crippen molar-refractivity contribution < 1.29 is 28.6 Å². The number of hydrogen-bond donors (Lipinski definition) is 1. The maximum Gasteiger partial charge on any atom is 0.410 e. The topological polar surface area (TPSA) is 94.2 Å². The summed E-state index contributed by atoms with van der Waals surface area (Å²) in [5, 5.41) is 3.12. The minimum Gasteiger partial charge on any atom is -0.497 e. The number of rotatable bonds is 8. The van der Waals surface area contributed by atoms with Crippen LogP contribution in [-0.4, -0.2) is 55.2 Å². The number of piperidine rings is 1.